The lowest BCUT2D eigenvalue weighted by molar-refractivity contribution is 0.483. The van der Waals surface area contributed by atoms with Gasteiger partial charge >= 0.3 is 0 Å². The number of aryl methyl sites for hydroxylation is 2. The number of halogens is 2. The van der Waals surface area contributed by atoms with Crippen molar-refractivity contribution in [3.8, 4) is 39.6 Å². The number of fused-ring (bicyclic) bond motifs is 4. The second kappa shape index (κ2) is 14.8. The Morgan fingerprint density at radius 3 is 2.07 bits per heavy atom. The topological polar surface area (TPSA) is 33.5 Å². The SMILES string of the molecule is [2H]C([2H])([2H])c1cc(-c2ccccc2)cc(C([2H])([2H])[2H])c1-c1cc(Oc2ccc3c4ccccc4n(-c4ccccn4)c3c2)cc(N2CN(c3c(F)cccc3F)c3cc(C(C)(C)C)ccc32)c1. The third-order valence-electron chi connectivity index (χ3n) is 11.4. The molecule has 0 bridgehead atoms. The quantitative estimate of drug-likeness (QED) is 0.161. The van der Waals surface area contributed by atoms with Crippen LogP contribution < -0.4 is 14.5 Å². The molecule has 7 aromatic carbocycles. The maximum atomic E-state index is 15.8. The third kappa shape index (κ3) is 6.76. The van der Waals surface area contributed by atoms with E-state index in [1.165, 1.54) is 30.3 Å². The third-order valence-corrected chi connectivity index (χ3v) is 11.4. The van der Waals surface area contributed by atoms with Crippen LogP contribution in [0.2, 0.25) is 0 Å². The largest absolute Gasteiger partial charge is 0.457 e. The fraction of sp³-hybridized carbons (Fsp3) is 0.130. The Balaban J connectivity index is 1.21. The molecule has 5 nitrogen and oxygen atoms in total. The Morgan fingerprint density at radius 2 is 1.33 bits per heavy atom. The number of hydrogen-bond acceptors (Lipinski definition) is 4. The molecule has 7 heteroatoms. The van der Waals surface area contributed by atoms with Crippen molar-refractivity contribution in [1.29, 1.82) is 0 Å². The van der Waals surface area contributed by atoms with Crippen molar-refractivity contribution < 1.29 is 21.7 Å². The number of benzene rings is 7. The van der Waals surface area contributed by atoms with Crippen LogP contribution in [0.3, 0.4) is 0 Å². The van der Waals surface area contributed by atoms with Crippen molar-refractivity contribution in [2.45, 2.75) is 39.9 Å². The highest BCUT2D eigenvalue weighted by molar-refractivity contribution is 6.09. The van der Waals surface area contributed by atoms with Crippen molar-refractivity contribution in [2.24, 2.45) is 0 Å². The van der Waals surface area contributed by atoms with Crippen LogP contribution in [0, 0.1) is 25.3 Å². The van der Waals surface area contributed by atoms with Gasteiger partial charge in [-0.05, 0) is 125 Å². The Labute approximate surface area is 363 Å². The zero-order chi connectivity index (χ0) is 47.0. The van der Waals surface area contributed by atoms with Gasteiger partial charge in [0.1, 0.15) is 41.3 Å². The Hall–Kier alpha value is -7.25. The summed E-state index contributed by atoms with van der Waals surface area (Å²) < 4.78 is 93.5. The van der Waals surface area contributed by atoms with Gasteiger partial charge in [-0.2, -0.15) is 0 Å². The van der Waals surface area contributed by atoms with Crippen molar-refractivity contribution in [1.82, 2.24) is 9.55 Å². The number of anilines is 4. The first kappa shape index (κ1) is 31.6. The second-order valence-corrected chi connectivity index (χ2v) is 16.4. The standard InChI is InChI=1S/C54H44F2N4O/c1-34-26-37(36-14-7-6-8-15-36)27-35(2)52(34)38-28-40(58-33-59(53-45(55)17-13-18-46(53)56)50-30-39(54(3,4)5)21-24-48(50)58)31-42(29-38)61-41-22-23-44-43-16-9-10-19-47(43)60(49(44)32-41)51-20-11-12-25-57-51/h6-32H,33H2,1-5H3/i1D3,2D3. The van der Waals surface area contributed by atoms with E-state index < -0.39 is 25.3 Å². The molecule has 1 aliphatic heterocycles. The molecule has 1 aliphatic rings. The van der Waals surface area contributed by atoms with E-state index in [0.29, 0.717) is 39.8 Å². The highest BCUT2D eigenvalue weighted by Gasteiger charge is 2.33. The summed E-state index contributed by atoms with van der Waals surface area (Å²) in [6.07, 6.45) is 1.74. The summed E-state index contributed by atoms with van der Waals surface area (Å²) in [5.41, 5.74) is 4.86. The van der Waals surface area contributed by atoms with E-state index in [0.717, 1.165) is 27.4 Å². The van der Waals surface area contributed by atoms with E-state index >= 15 is 8.78 Å². The van der Waals surface area contributed by atoms with E-state index in [1.54, 1.807) is 41.4 Å². The van der Waals surface area contributed by atoms with Gasteiger partial charge in [0.15, 0.2) is 0 Å². The number of nitrogens with zero attached hydrogens (tertiary/aromatic N) is 4. The average molecular weight is 809 g/mol. The van der Waals surface area contributed by atoms with Crippen LogP contribution >= 0.6 is 0 Å². The molecular formula is C54H44F2N4O. The van der Waals surface area contributed by atoms with Crippen LogP contribution in [-0.4, -0.2) is 16.2 Å². The Kier molecular flexibility index (Phi) is 7.67. The lowest BCUT2D eigenvalue weighted by atomic mass is 9.86. The van der Waals surface area contributed by atoms with Crippen molar-refractivity contribution >= 4 is 44.6 Å². The predicted octanol–water partition coefficient (Wildman–Crippen LogP) is 14.7. The van der Waals surface area contributed by atoms with E-state index in [9.17, 15) is 0 Å². The zero-order valence-corrected chi connectivity index (χ0v) is 33.7. The highest BCUT2D eigenvalue weighted by atomic mass is 19.1. The Morgan fingerprint density at radius 1 is 0.590 bits per heavy atom. The molecule has 3 heterocycles. The molecule has 0 saturated carbocycles. The summed E-state index contributed by atoms with van der Waals surface area (Å²) in [7, 11) is 0. The molecule has 10 rings (SSSR count). The molecule has 0 saturated heterocycles. The Bertz CT molecular complexity index is 3310. The van der Waals surface area contributed by atoms with Crippen LogP contribution in [-0.2, 0) is 5.41 Å². The summed E-state index contributed by atoms with van der Waals surface area (Å²) in [6, 6.07) is 46.3. The van der Waals surface area contributed by atoms with Crippen LogP contribution in [0.4, 0.5) is 31.5 Å². The maximum Gasteiger partial charge on any atom is 0.149 e. The maximum absolute atomic E-state index is 15.8. The highest BCUT2D eigenvalue weighted by Crippen LogP contribution is 2.49. The molecule has 0 N–H and O–H groups in total. The lowest BCUT2D eigenvalue weighted by Crippen LogP contribution is -2.25. The molecule has 0 radical (unpaired) electrons. The molecule has 0 unspecified atom stereocenters. The molecule has 0 fully saturated rings. The van der Waals surface area contributed by atoms with Crippen LogP contribution in [0.15, 0.2) is 164 Å². The lowest BCUT2D eigenvalue weighted by Gasteiger charge is -2.24. The summed E-state index contributed by atoms with van der Waals surface area (Å²) in [5.74, 6) is -0.0759. The van der Waals surface area contributed by atoms with Gasteiger partial charge in [-0.1, -0.05) is 99.6 Å². The predicted molar refractivity (Wildman–Crippen MR) is 246 cm³/mol. The summed E-state index contributed by atoms with van der Waals surface area (Å²) in [6.45, 7) is 0.608. The second-order valence-electron chi connectivity index (χ2n) is 16.4. The van der Waals surface area contributed by atoms with Crippen molar-refractivity contribution in [3.05, 3.63) is 192 Å². The molecule has 0 aliphatic carbocycles. The average Bonchev–Trinajstić information content (AvgIpc) is 3.83. The van der Waals surface area contributed by atoms with Gasteiger partial charge in [-0.15, -0.1) is 0 Å². The van der Waals surface area contributed by atoms with Crippen LogP contribution in [0.1, 0.15) is 45.7 Å². The number of ether oxygens (including phenoxy) is 1. The summed E-state index contributed by atoms with van der Waals surface area (Å²) in [5, 5.41) is 1.99. The van der Waals surface area contributed by atoms with Crippen molar-refractivity contribution in [2.75, 3.05) is 16.5 Å². The first-order chi connectivity index (χ1) is 31.9. The minimum atomic E-state index is -2.76. The van der Waals surface area contributed by atoms with Gasteiger partial charge < -0.3 is 14.5 Å². The van der Waals surface area contributed by atoms with Gasteiger partial charge in [-0.25, -0.2) is 13.8 Å². The van der Waals surface area contributed by atoms with E-state index in [2.05, 4.69) is 36.4 Å². The van der Waals surface area contributed by atoms with E-state index in [-0.39, 0.29) is 45.8 Å². The van der Waals surface area contributed by atoms with Crippen LogP contribution in [0.25, 0.3) is 49.9 Å². The van der Waals surface area contributed by atoms with Gasteiger partial charge in [0.2, 0.25) is 0 Å². The molecular weight excluding hydrogens is 759 g/mol. The molecule has 300 valence electrons. The van der Waals surface area contributed by atoms with Gasteiger partial charge in [0, 0.05) is 43.0 Å². The number of para-hydroxylation sites is 2. The smallest absolute Gasteiger partial charge is 0.149 e. The zero-order valence-electron chi connectivity index (χ0n) is 39.7. The fourth-order valence-electron chi connectivity index (χ4n) is 8.46. The summed E-state index contributed by atoms with van der Waals surface area (Å²) in [4.78, 5) is 8.12. The minimum absolute atomic E-state index is 0.0108. The molecule has 0 atom stereocenters. The molecule has 2 aromatic heterocycles. The minimum Gasteiger partial charge on any atom is -0.457 e. The fourth-order valence-corrected chi connectivity index (χ4v) is 8.46. The molecule has 0 amide bonds. The number of rotatable bonds is 7. The normalized spacial score (nSPS) is 14.6. The van der Waals surface area contributed by atoms with Gasteiger partial charge in [0.25, 0.3) is 0 Å². The first-order valence-electron chi connectivity index (χ1n) is 23.1. The monoisotopic (exact) mass is 808 g/mol. The first-order valence-corrected chi connectivity index (χ1v) is 20.1. The number of pyridine rings is 1. The van der Waals surface area contributed by atoms with E-state index in [4.69, 9.17) is 13.0 Å². The van der Waals surface area contributed by atoms with Gasteiger partial charge in [-0.3, -0.25) is 4.57 Å². The molecule has 61 heavy (non-hydrogen) atoms. The number of aromatic nitrogens is 2. The van der Waals surface area contributed by atoms with Crippen molar-refractivity contribution in [3.63, 3.8) is 0 Å². The molecule has 9 aromatic rings. The molecule has 0 spiro atoms. The van der Waals surface area contributed by atoms with Gasteiger partial charge in [0.05, 0.1) is 22.4 Å². The summed E-state index contributed by atoms with van der Waals surface area (Å²) >= 11 is 0. The van der Waals surface area contributed by atoms with Crippen LogP contribution in [0.5, 0.6) is 11.5 Å². The number of hydrogen-bond donors (Lipinski definition) is 0. The van der Waals surface area contributed by atoms with E-state index in [1.807, 2.05) is 95.9 Å².